The number of hydrogen-bond acceptors (Lipinski definition) is 4. The molecule has 0 aromatic heterocycles. The molecule has 1 fully saturated rings. The van der Waals surface area contributed by atoms with E-state index in [1.165, 1.54) is 11.1 Å². The summed E-state index contributed by atoms with van der Waals surface area (Å²) >= 11 is 0. The molecule has 5 heteroatoms. The third-order valence-electron chi connectivity index (χ3n) is 4.91. The predicted octanol–water partition coefficient (Wildman–Crippen LogP) is 2.43. The highest BCUT2D eigenvalue weighted by molar-refractivity contribution is 5.82. The minimum absolute atomic E-state index is 0.0800. The maximum atomic E-state index is 12.5. The van der Waals surface area contributed by atoms with Gasteiger partial charge in [0.25, 0.3) is 0 Å². The van der Waals surface area contributed by atoms with Crippen molar-refractivity contribution in [2.75, 3.05) is 13.1 Å². The van der Waals surface area contributed by atoms with Crippen LogP contribution in [0.3, 0.4) is 0 Å². The second kappa shape index (κ2) is 9.90. The molecule has 140 valence electrons. The van der Waals surface area contributed by atoms with E-state index in [9.17, 15) is 4.79 Å². The van der Waals surface area contributed by atoms with Crippen LogP contribution in [-0.2, 0) is 17.9 Å². The maximum absolute atomic E-state index is 12.5. The molecule has 0 bridgehead atoms. The molecule has 1 heterocycles. The highest BCUT2D eigenvalue weighted by atomic mass is 16.2. The molecule has 0 radical (unpaired) electrons. The van der Waals surface area contributed by atoms with Gasteiger partial charge in [0.1, 0.15) is 6.04 Å². The van der Waals surface area contributed by atoms with Crippen LogP contribution in [0.25, 0.3) is 0 Å². The summed E-state index contributed by atoms with van der Waals surface area (Å²) in [6, 6.07) is 8.63. The van der Waals surface area contributed by atoms with Crippen LogP contribution in [-0.4, -0.2) is 36.0 Å². The van der Waals surface area contributed by atoms with Crippen molar-refractivity contribution in [3.8, 4) is 0 Å². The average Bonchev–Trinajstić information content (AvgIpc) is 3.06. The van der Waals surface area contributed by atoms with E-state index < -0.39 is 0 Å². The molecule has 0 aliphatic carbocycles. The first-order chi connectivity index (χ1) is 12.0. The van der Waals surface area contributed by atoms with Crippen LogP contribution in [0.15, 0.2) is 24.3 Å². The first-order valence-electron chi connectivity index (χ1n) is 9.61. The zero-order valence-corrected chi connectivity index (χ0v) is 16.1. The number of carbonyl (C=O) groups excluding carboxylic acids is 1. The number of hydrogen-bond donors (Lipinski definition) is 3. The number of hydrazine groups is 1. The van der Waals surface area contributed by atoms with Crippen LogP contribution in [0.4, 0.5) is 0 Å². The zero-order valence-electron chi connectivity index (χ0n) is 16.1. The maximum Gasteiger partial charge on any atom is 0.238 e. The number of carbonyl (C=O) groups is 1. The molecule has 1 aromatic carbocycles. The highest BCUT2D eigenvalue weighted by Crippen LogP contribution is 2.15. The Labute approximate surface area is 152 Å². The van der Waals surface area contributed by atoms with Crippen LogP contribution >= 0.6 is 0 Å². The Bertz CT molecular complexity index is 542. The molecule has 0 spiro atoms. The summed E-state index contributed by atoms with van der Waals surface area (Å²) in [4.78, 5) is 14.9. The number of nitrogens with zero attached hydrogens (tertiary/aromatic N) is 1. The standard InChI is InChI=1S/C20H34N4O/c1-5-24(6-2)14-17-10-8-7-9-16(17)13-21-20(25)19-12-18(22-23-19)11-15(3)4/h7-10,15,18-19,22-23H,5-6,11-14H2,1-4H3,(H,21,25). The van der Waals surface area contributed by atoms with Crippen molar-refractivity contribution in [2.24, 2.45) is 5.92 Å². The quantitative estimate of drug-likeness (QED) is 0.643. The fourth-order valence-electron chi connectivity index (χ4n) is 3.40. The highest BCUT2D eigenvalue weighted by Gasteiger charge is 2.29. The van der Waals surface area contributed by atoms with Crippen molar-refractivity contribution in [1.29, 1.82) is 0 Å². The molecular weight excluding hydrogens is 312 g/mol. The van der Waals surface area contributed by atoms with Gasteiger partial charge >= 0.3 is 0 Å². The lowest BCUT2D eigenvalue weighted by Gasteiger charge is -2.20. The van der Waals surface area contributed by atoms with Gasteiger partial charge in [0.05, 0.1) is 0 Å². The van der Waals surface area contributed by atoms with Gasteiger partial charge in [-0.15, -0.1) is 0 Å². The lowest BCUT2D eigenvalue weighted by Crippen LogP contribution is -2.43. The van der Waals surface area contributed by atoms with E-state index in [1.54, 1.807) is 0 Å². The lowest BCUT2D eigenvalue weighted by atomic mass is 10.00. The molecule has 25 heavy (non-hydrogen) atoms. The Hall–Kier alpha value is -1.43. The van der Waals surface area contributed by atoms with Gasteiger partial charge in [-0.1, -0.05) is 52.0 Å². The molecule has 1 aliphatic heterocycles. The predicted molar refractivity (Wildman–Crippen MR) is 103 cm³/mol. The molecule has 1 saturated heterocycles. The van der Waals surface area contributed by atoms with Gasteiger partial charge in [-0.3, -0.25) is 15.1 Å². The van der Waals surface area contributed by atoms with E-state index in [4.69, 9.17) is 0 Å². The molecule has 2 rings (SSSR count). The van der Waals surface area contributed by atoms with Crippen LogP contribution in [0.2, 0.25) is 0 Å². The minimum atomic E-state index is -0.140. The average molecular weight is 347 g/mol. The van der Waals surface area contributed by atoms with E-state index in [0.29, 0.717) is 18.5 Å². The summed E-state index contributed by atoms with van der Waals surface area (Å²) < 4.78 is 0. The van der Waals surface area contributed by atoms with Gasteiger partial charge in [0, 0.05) is 19.1 Å². The van der Waals surface area contributed by atoms with Gasteiger partial charge in [-0.05, 0) is 43.0 Å². The topological polar surface area (TPSA) is 56.4 Å². The third-order valence-corrected chi connectivity index (χ3v) is 4.91. The summed E-state index contributed by atoms with van der Waals surface area (Å²) in [6.07, 6.45) is 1.94. The van der Waals surface area contributed by atoms with Crippen molar-refractivity contribution < 1.29 is 4.79 Å². The number of rotatable bonds is 9. The molecule has 1 aliphatic rings. The Balaban J connectivity index is 1.88. The Morgan fingerprint density at radius 3 is 2.52 bits per heavy atom. The Morgan fingerprint density at radius 2 is 1.88 bits per heavy atom. The molecule has 5 nitrogen and oxygen atoms in total. The van der Waals surface area contributed by atoms with Gasteiger partial charge in [0.2, 0.25) is 5.91 Å². The second-order valence-electron chi connectivity index (χ2n) is 7.35. The summed E-state index contributed by atoms with van der Waals surface area (Å²) in [7, 11) is 0. The SMILES string of the molecule is CCN(CC)Cc1ccccc1CNC(=O)C1CC(CC(C)C)NN1. The fraction of sp³-hybridized carbons (Fsp3) is 0.650. The number of amides is 1. The molecule has 1 amide bonds. The van der Waals surface area contributed by atoms with Crippen molar-refractivity contribution >= 4 is 5.91 Å². The smallest absolute Gasteiger partial charge is 0.238 e. The second-order valence-corrected chi connectivity index (χ2v) is 7.35. The van der Waals surface area contributed by atoms with Crippen molar-refractivity contribution in [2.45, 2.75) is 65.7 Å². The van der Waals surface area contributed by atoms with E-state index in [1.807, 2.05) is 6.07 Å². The number of benzene rings is 1. The van der Waals surface area contributed by atoms with E-state index in [2.05, 4.69) is 67.0 Å². The number of nitrogens with one attached hydrogen (secondary N) is 3. The molecule has 1 aromatic rings. The molecule has 3 N–H and O–H groups in total. The molecule has 0 saturated carbocycles. The van der Waals surface area contributed by atoms with Crippen molar-refractivity contribution in [3.05, 3.63) is 35.4 Å². The molecule has 2 unspecified atom stereocenters. The monoisotopic (exact) mass is 346 g/mol. The van der Waals surface area contributed by atoms with Gasteiger partial charge < -0.3 is 5.32 Å². The van der Waals surface area contributed by atoms with Crippen LogP contribution < -0.4 is 16.2 Å². The van der Waals surface area contributed by atoms with E-state index >= 15 is 0 Å². The van der Waals surface area contributed by atoms with Crippen molar-refractivity contribution in [3.63, 3.8) is 0 Å². The third kappa shape index (κ3) is 6.10. The normalized spacial score (nSPS) is 20.4. The fourth-order valence-corrected chi connectivity index (χ4v) is 3.40. The van der Waals surface area contributed by atoms with E-state index in [0.717, 1.165) is 32.5 Å². The summed E-state index contributed by atoms with van der Waals surface area (Å²) in [6.45, 7) is 12.4. The summed E-state index contributed by atoms with van der Waals surface area (Å²) in [5.74, 6) is 0.712. The van der Waals surface area contributed by atoms with Crippen LogP contribution in [0.1, 0.15) is 51.7 Å². The minimum Gasteiger partial charge on any atom is -0.351 e. The van der Waals surface area contributed by atoms with E-state index in [-0.39, 0.29) is 11.9 Å². The Kier molecular flexibility index (Phi) is 7.88. The molecular formula is C20H34N4O. The Morgan fingerprint density at radius 1 is 1.20 bits per heavy atom. The van der Waals surface area contributed by atoms with Crippen LogP contribution in [0, 0.1) is 5.92 Å². The van der Waals surface area contributed by atoms with Crippen LogP contribution in [0.5, 0.6) is 0 Å². The first-order valence-corrected chi connectivity index (χ1v) is 9.61. The zero-order chi connectivity index (χ0) is 18.2. The largest absolute Gasteiger partial charge is 0.351 e. The molecule has 2 atom stereocenters. The summed E-state index contributed by atoms with van der Waals surface area (Å²) in [5, 5.41) is 3.10. The van der Waals surface area contributed by atoms with Crippen molar-refractivity contribution in [1.82, 2.24) is 21.1 Å². The van der Waals surface area contributed by atoms with Gasteiger partial charge in [-0.25, -0.2) is 5.43 Å². The first kappa shape index (κ1) is 19.9. The lowest BCUT2D eigenvalue weighted by molar-refractivity contribution is -0.123. The van der Waals surface area contributed by atoms with Gasteiger partial charge in [-0.2, -0.15) is 0 Å². The summed E-state index contributed by atoms with van der Waals surface area (Å²) in [5.41, 5.74) is 8.89. The van der Waals surface area contributed by atoms with Gasteiger partial charge in [0.15, 0.2) is 0 Å².